The summed E-state index contributed by atoms with van der Waals surface area (Å²) in [5.41, 5.74) is 1.27. The highest BCUT2D eigenvalue weighted by Crippen LogP contribution is 2.66. The molecule has 1 aromatic heterocycles. The van der Waals surface area contributed by atoms with Crippen molar-refractivity contribution < 1.29 is 43.6 Å². The van der Waals surface area contributed by atoms with Crippen LogP contribution >= 0.6 is 11.3 Å². The van der Waals surface area contributed by atoms with Crippen molar-refractivity contribution in [2.24, 2.45) is 5.92 Å². The molecule has 13 nitrogen and oxygen atoms in total. The van der Waals surface area contributed by atoms with Crippen molar-refractivity contribution in [1.82, 2.24) is 9.88 Å². The number of morpholine rings is 1. The van der Waals surface area contributed by atoms with Crippen molar-refractivity contribution in [3.05, 3.63) is 155 Å². The van der Waals surface area contributed by atoms with Crippen LogP contribution in [0.3, 0.4) is 0 Å². The summed E-state index contributed by atoms with van der Waals surface area (Å²) >= 11 is 1.24. The second kappa shape index (κ2) is 16.9. The average molecular weight is 849 g/mol. The molecule has 0 radical (unpaired) electrons. The molecule has 6 unspecified atom stereocenters. The Bertz CT molecular complexity index is 2700. The van der Waals surface area contributed by atoms with E-state index >= 15 is 14.4 Å². The highest BCUT2D eigenvalue weighted by Gasteiger charge is 2.75. The highest BCUT2D eigenvalue weighted by atomic mass is 32.1. The van der Waals surface area contributed by atoms with E-state index < -0.39 is 59.4 Å². The second-order valence-corrected chi connectivity index (χ2v) is 16.1. The minimum absolute atomic E-state index is 0.0507. The van der Waals surface area contributed by atoms with E-state index in [4.69, 9.17) is 14.2 Å². The fourth-order valence-corrected chi connectivity index (χ4v) is 10.1. The Morgan fingerprint density at radius 2 is 1.58 bits per heavy atom. The summed E-state index contributed by atoms with van der Waals surface area (Å²) in [6, 6.07) is 33.8. The maximum absolute atomic E-state index is 16.1. The standard InChI is InChI=1S/C48H40N4O9S/c1-59-26-27-60-47(58)51-36-24-19-29(12-10-11-25-53)28-34(36)48(45(51)57)38(43(55)50-46-49-35-17-8-9-18-37(35)62-46)40-44(56)61-41(31-15-6-3-7-16-31)39(30-13-4-2-5-14-30)52(40)42(48)32-20-22-33(54)23-21-32/h2-9,13-24,28,38-42,53-54H,11,25-27H2,1H3,(H,49,50,55). The fourth-order valence-electron chi connectivity index (χ4n) is 9.23. The maximum atomic E-state index is 16.1. The molecule has 3 aliphatic rings. The first-order valence-corrected chi connectivity index (χ1v) is 20.9. The first-order chi connectivity index (χ1) is 30.3. The number of benzene rings is 5. The van der Waals surface area contributed by atoms with E-state index in [9.17, 15) is 15.0 Å². The van der Waals surface area contributed by atoms with Gasteiger partial charge in [0.15, 0.2) is 5.13 Å². The van der Waals surface area contributed by atoms with E-state index in [1.54, 1.807) is 30.3 Å². The third-order valence-electron chi connectivity index (χ3n) is 11.6. The van der Waals surface area contributed by atoms with Gasteiger partial charge in [0, 0.05) is 19.1 Å². The zero-order valence-electron chi connectivity index (χ0n) is 33.3. The molecule has 0 aliphatic carbocycles. The van der Waals surface area contributed by atoms with Gasteiger partial charge in [-0.15, -0.1) is 0 Å². The largest absolute Gasteiger partial charge is 0.508 e. The summed E-state index contributed by atoms with van der Waals surface area (Å²) in [5.74, 6) is 2.08. The molecule has 2 saturated heterocycles. The predicted octanol–water partition coefficient (Wildman–Crippen LogP) is 6.82. The zero-order valence-corrected chi connectivity index (χ0v) is 34.2. The molecule has 3 N–H and O–H groups in total. The van der Waals surface area contributed by atoms with Gasteiger partial charge in [0.05, 0.1) is 47.1 Å². The van der Waals surface area contributed by atoms with Crippen LogP contribution in [0, 0.1) is 17.8 Å². The van der Waals surface area contributed by atoms with Crippen LogP contribution in [0.25, 0.3) is 10.2 Å². The van der Waals surface area contributed by atoms with Gasteiger partial charge in [-0.05, 0) is 64.7 Å². The number of nitrogens with zero attached hydrogens (tertiary/aromatic N) is 3. The number of aliphatic hydroxyl groups is 1. The smallest absolute Gasteiger partial charge is 0.421 e. The second-order valence-electron chi connectivity index (χ2n) is 15.1. The first kappa shape index (κ1) is 40.5. The maximum Gasteiger partial charge on any atom is 0.421 e. The number of phenolic OH excluding ortho intramolecular Hbond substituents is 1. The number of para-hydroxylation sites is 1. The molecule has 6 aromatic rings. The third-order valence-corrected chi connectivity index (χ3v) is 12.6. The molecule has 3 amide bonds. The molecule has 6 atom stereocenters. The number of fused-ring (bicyclic) bond motifs is 4. The monoisotopic (exact) mass is 848 g/mol. The van der Waals surface area contributed by atoms with E-state index in [-0.39, 0.29) is 48.4 Å². The molecule has 1 spiro atoms. The van der Waals surface area contributed by atoms with Gasteiger partial charge in [0.1, 0.15) is 29.9 Å². The number of carbonyl (C=O) groups excluding carboxylic acids is 4. The average Bonchev–Trinajstić information content (AvgIpc) is 3.93. The van der Waals surface area contributed by atoms with E-state index in [1.807, 2.05) is 89.8 Å². The van der Waals surface area contributed by atoms with Crippen molar-refractivity contribution in [1.29, 1.82) is 0 Å². The molecule has 2 fully saturated rings. The fraction of sp³-hybridized carbons (Fsp3) is 0.229. The third kappa shape index (κ3) is 6.85. The van der Waals surface area contributed by atoms with E-state index in [2.05, 4.69) is 22.1 Å². The number of esters is 1. The number of rotatable bonds is 9. The Kier molecular flexibility index (Phi) is 11.0. The van der Waals surface area contributed by atoms with Crippen LogP contribution in [0.1, 0.15) is 52.4 Å². The van der Waals surface area contributed by atoms with Crippen molar-refractivity contribution in [3.8, 4) is 17.6 Å². The molecule has 3 aliphatic heterocycles. The SMILES string of the molecule is COCCOC(=O)N1C(=O)C2(c3cc(C#CCCO)ccc31)C(C(=O)Nc1nc3ccccc3s1)C1C(=O)OC(c3ccccc3)C(c3ccccc3)N1C2c1ccc(O)cc1. The lowest BCUT2D eigenvalue weighted by Gasteiger charge is -2.46. The number of cyclic esters (lactones) is 1. The van der Waals surface area contributed by atoms with Gasteiger partial charge in [-0.3, -0.25) is 19.3 Å². The van der Waals surface area contributed by atoms with E-state index in [0.29, 0.717) is 22.2 Å². The van der Waals surface area contributed by atoms with Crippen LogP contribution in [-0.2, 0) is 34.0 Å². The number of ether oxygens (including phenoxy) is 3. The van der Waals surface area contributed by atoms with Gasteiger partial charge >= 0.3 is 12.1 Å². The molecule has 5 aromatic carbocycles. The Balaban J connectivity index is 1.35. The summed E-state index contributed by atoms with van der Waals surface area (Å²) in [6.07, 6.45) is -1.76. The number of methoxy groups -OCH3 is 1. The summed E-state index contributed by atoms with van der Waals surface area (Å²) in [6.45, 7) is -0.304. The summed E-state index contributed by atoms with van der Waals surface area (Å²) in [7, 11) is 1.45. The molecule has 14 heteroatoms. The molecule has 312 valence electrons. The zero-order chi connectivity index (χ0) is 43.0. The number of nitrogens with one attached hydrogen (secondary N) is 1. The summed E-state index contributed by atoms with van der Waals surface area (Å²) < 4.78 is 18.1. The van der Waals surface area contributed by atoms with Gasteiger partial charge < -0.3 is 29.7 Å². The molecule has 9 rings (SSSR count). The topological polar surface area (TPSA) is 168 Å². The number of thiazole rings is 1. The Morgan fingerprint density at radius 3 is 2.29 bits per heavy atom. The number of aromatic hydroxyl groups is 1. The highest BCUT2D eigenvalue weighted by molar-refractivity contribution is 7.22. The summed E-state index contributed by atoms with van der Waals surface area (Å²) in [4.78, 5) is 68.8. The number of aromatic nitrogens is 1. The van der Waals surface area contributed by atoms with Crippen molar-refractivity contribution in [2.75, 3.05) is 37.1 Å². The number of anilines is 2. The number of carbonyl (C=O) groups is 4. The molecule has 0 bridgehead atoms. The van der Waals surface area contributed by atoms with E-state index in [1.165, 1.54) is 30.6 Å². The van der Waals surface area contributed by atoms with Crippen LogP contribution in [0.2, 0.25) is 0 Å². The molecule has 62 heavy (non-hydrogen) atoms. The lowest BCUT2D eigenvalue weighted by Crippen LogP contribution is -2.54. The molecule has 0 saturated carbocycles. The molecular weight excluding hydrogens is 809 g/mol. The number of aliphatic hydroxyl groups excluding tert-OH is 1. The lowest BCUT2D eigenvalue weighted by molar-refractivity contribution is -0.177. The van der Waals surface area contributed by atoms with Crippen LogP contribution in [0.15, 0.2) is 127 Å². The van der Waals surface area contributed by atoms with Gasteiger partial charge in [0.2, 0.25) is 11.8 Å². The van der Waals surface area contributed by atoms with Gasteiger partial charge in [-0.25, -0.2) is 14.7 Å². The van der Waals surface area contributed by atoms with Crippen LogP contribution in [-0.4, -0.2) is 76.9 Å². The predicted molar refractivity (Wildman–Crippen MR) is 230 cm³/mol. The number of phenols is 1. The normalized spacial score (nSPS) is 22.7. The summed E-state index contributed by atoms with van der Waals surface area (Å²) in [5, 5.41) is 23.4. The van der Waals surface area contributed by atoms with Crippen molar-refractivity contribution in [2.45, 2.75) is 36.1 Å². The van der Waals surface area contributed by atoms with Crippen molar-refractivity contribution >= 4 is 56.2 Å². The Morgan fingerprint density at radius 1 is 0.871 bits per heavy atom. The van der Waals surface area contributed by atoms with E-state index in [0.717, 1.165) is 15.2 Å². The van der Waals surface area contributed by atoms with Crippen LogP contribution in [0.4, 0.5) is 15.6 Å². The van der Waals surface area contributed by atoms with Gasteiger partial charge in [-0.2, -0.15) is 0 Å². The minimum Gasteiger partial charge on any atom is -0.508 e. The molecule has 4 heterocycles. The molecular formula is C48H40N4O9S. The number of hydrogen-bond acceptors (Lipinski definition) is 12. The quantitative estimate of drug-likeness (QED) is 0.0794. The van der Waals surface area contributed by atoms with Gasteiger partial charge in [-0.1, -0.05) is 108 Å². The first-order valence-electron chi connectivity index (χ1n) is 20.0. The van der Waals surface area contributed by atoms with Gasteiger partial charge in [0.25, 0.3) is 0 Å². The Hall–Kier alpha value is -6.89. The number of imide groups is 1. The number of amides is 3. The minimum atomic E-state index is -2.07. The number of hydrogen-bond donors (Lipinski definition) is 3. The van der Waals surface area contributed by atoms with Crippen LogP contribution < -0.4 is 10.2 Å². The lowest BCUT2D eigenvalue weighted by atomic mass is 9.65. The van der Waals surface area contributed by atoms with Crippen molar-refractivity contribution in [3.63, 3.8) is 0 Å². The Labute approximate surface area is 360 Å². The van der Waals surface area contributed by atoms with Crippen LogP contribution in [0.5, 0.6) is 5.75 Å².